The highest BCUT2D eigenvalue weighted by atomic mass is 32.1. The molecule has 112 valence electrons. The van der Waals surface area contributed by atoms with Crippen LogP contribution in [0.15, 0.2) is 0 Å². The first-order valence-corrected chi connectivity index (χ1v) is 8.10. The van der Waals surface area contributed by atoms with Crippen LogP contribution in [0.5, 0.6) is 0 Å². The van der Waals surface area contributed by atoms with Gasteiger partial charge in [0.15, 0.2) is 11.4 Å². The average molecular weight is 296 g/mol. The van der Waals surface area contributed by atoms with Crippen molar-refractivity contribution >= 4 is 22.8 Å². The first-order valence-electron chi connectivity index (χ1n) is 7.28. The summed E-state index contributed by atoms with van der Waals surface area (Å²) in [6.45, 7) is 10.9. The maximum absolute atomic E-state index is 11.3. The molecule has 0 aromatic carbocycles. The largest absolute Gasteiger partial charge is 0.377 e. The quantitative estimate of drug-likeness (QED) is 0.800. The van der Waals surface area contributed by atoms with Gasteiger partial charge in [-0.15, -0.1) is 0 Å². The number of piperidine rings is 1. The highest BCUT2D eigenvalue weighted by Crippen LogP contribution is 2.34. The van der Waals surface area contributed by atoms with E-state index < -0.39 is 0 Å². The fourth-order valence-electron chi connectivity index (χ4n) is 2.56. The van der Waals surface area contributed by atoms with E-state index in [4.69, 9.17) is 9.72 Å². The second-order valence-corrected chi connectivity index (χ2v) is 7.25. The minimum Gasteiger partial charge on any atom is -0.377 e. The van der Waals surface area contributed by atoms with Gasteiger partial charge in [-0.05, 0) is 19.8 Å². The van der Waals surface area contributed by atoms with E-state index in [1.165, 1.54) is 11.3 Å². The summed E-state index contributed by atoms with van der Waals surface area (Å²) in [5.74, 6) is 0. The maximum Gasteiger partial charge on any atom is 0.186 e. The van der Waals surface area contributed by atoms with Gasteiger partial charge >= 0.3 is 0 Å². The highest BCUT2D eigenvalue weighted by Gasteiger charge is 2.27. The van der Waals surface area contributed by atoms with Gasteiger partial charge < -0.3 is 9.64 Å². The molecule has 0 spiro atoms. The Balaban J connectivity index is 2.20. The van der Waals surface area contributed by atoms with Crippen molar-refractivity contribution in [2.75, 3.05) is 24.6 Å². The molecule has 1 aliphatic heterocycles. The molecule has 0 N–H and O–H groups in total. The Kier molecular flexibility index (Phi) is 4.81. The fraction of sp³-hybridized carbons (Fsp3) is 0.733. The molecule has 1 fully saturated rings. The van der Waals surface area contributed by atoms with Crippen molar-refractivity contribution in [3.05, 3.63) is 10.6 Å². The molecule has 1 atom stereocenters. The molecule has 1 aromatic heterocycles. The van der Waals surface area contributed by atoms with Crippen molar-refractivity contribution in [1.82, 2.24) is 4.98 Å². The Morgan fingerprint density at radius 3 is 2.80 bits per heavy atom. The second-order valence-electron chi connectivity index (χ2n) is 6.24. The minimum atomic E-state index is -0.0971. The van der Waals surface area contributed by atoms with E-state index in [0.717, 1.165) is 54.5 Å². The molecule has 1 saturated heterocycles. The molecule has 2 heterocycles. The third kappa shape index (κ3) is 3.38. The van der Waals surface area contributed by atoms with Crippen molar-refractivity contribution < 1.29 is 9.53 Å². The summed E-state index contributed by atoms with van der Waals surface area (Å²) < 4.78 is 5.73. The number of ether oxygens (including phenoxy) is 1. The number of carbonyl (C=O) groups excluding carboxylic acids is 1. The van der Waals surface area contributed by atoms with Gasteiger partial charge in [-0.2, -0.15) is 0 Å². The van der Waals surface area contributed by atoms with Gasteiger partial charge in [0.2, 0.25) is 0 Å². The maximum atomic E-state index is 11.3. The molecule has 1 unspecified atom stereocenters. The summed E-state index contributed by atoms with van der Waals surface area (Å²) in [6, 6.07) is 0. The van der Waals surface area contributed by atoms with Gasteiger partial charge in [-0.3, -0.25) is 4.79 Å². The predicted octanol–water partition coefficient (Wildman–Crippen LogP) is 3.26. The number of hydrogen-bond donors (Lipinski definition) is 0. The van der Waals surface area contributed by atoms with Crippen LogP contribution < -0.4 is 4.90 Å². The standard InChI is InChI=1S/C15H24N2O2S/c1-5-19-11-7-6-8-17(9-11)14-16-13(15(2,3)4)12(10-18)20-14/h10-11H,5-9H2,1-4H3. The zero-order valence-corrected chi connectivity index (χ0v) is 13.6. The minimum absolute atomic E-state index is 0.0971. The number of hydrogen-bond acceptors (Lipinski definition) is 5. The highest BCUT2D eigenvalue weighted by molar-refractivity contribution is 7.17. The number of rotatable bonds is 4. The summed E-state index contributed by atoms with van der Waals surface area (Å²) in [6.07, 6.45) is 3.45. The monoisotopic (exact) mass is 296 g/mol. The van der Waals surface area contributed by atoms with E-state index >= 15 is 0 Å². The van der Waals surface area contributed by atoms with Crippen molar-refractivity contribution in [1.29, 1.82) is 0 Å². The Hall–Kier alpha value is -0.940. The van der Waals surface area contributed by atoms with Gasteiger partial charge in [-0.25, -0.2) is 4.98 Å². The van der Waals surface area contributed by atoms with Crippen LogP contribution >= 0.6 is 11.3 Å². The van der Waals surface area contributed by atoms with E-state index in [2.05, 4.69) is 25.7 Å². The number of anilines is 1. The SMILES string of the molecule is CCOC1CCCN(c2nc(C(C)(C)C)c(C=O)s2)C1. The molecular formula is C15H24N2O2S. The Morgan fingerprint density at radius 1 is 1.50 bits per heavy atom. The number of thiazole rings is 1. The van der Waals surface area contributed by atoms with Crippen molar-refractivity contribution in [3.63, 3.8) is 0 Å². The van der Waals surface area contributed by atoms with Crippen LogP contribution in [0.25, 0.3) is 0 Å². The molecule has 0 radical (unpaired) electrons. The second kappa shape index (κ2) is 6.22. The summed E-state index contributed by atoms with van der Waals surface area (Å²) in [7, 11) is 0. The normalized spacial score (nSPS) is 20.2. The molecule has 2 rings (SSSR count). The summed E-state index contributed by atoms with van der Waals surface area (Å²) >= 11 is 1.50. The van der Waals surface area contributed by atoms with Crippen LogP contribution in [0.2, 0.25) is 0 Å². The molecule has 0 bridgehead atoms. The molecule has 0 amide bonds. The van der Waals surface area contributed by atoms with Crippen molar-refractivity contribution in [3.8, 4) is 0 Å². The first-order chi connectivity index (χ1) is 9.45. The number of aldehydes is 1. The van der Waals surface area contributed by atoms with Crippen LogP contribution in [-0.4, -0.2) is 37.1 Å². The predicted molar refractivity (Wildman–Crippen MR) is 83.1 cm³/mol. The lowest BCUT2D eigenvalue weighted by Gasteiger charge is -2.32. The number of aromatic nitrogens is 1. The van der Waals surface area contributed by atoms with Crippen LogP contribution in [0.4, 0.5) is 5.13 Å². The number of carbonyl (C=O) groups is 1. The number of nitrogens with zero attached hydrogens (tertiary/aromatic N) is 2. The first kappa shape index (κ1) is 15.4. The molecular weight excluding hydrogens is 272 g/mol. The summed E-state index contributed by atoms with van der Waals surface area (Å²) in [5.41, 5.74) is 0.811. The fourth-order valence-corrected chi connectivity index (χ4v) is 3.68. The van der Waals surface area contributed by atoms with E-state index in [1.807, 2.05) is 6.92 Å². The Labute approximate surface area is 125 Å². The molecule has 20 heavy (non-hydrogen) atoms. The third-order valence-corrected chi connectivity index (χ3v) is 4.55. The van der Waals surface area contributed by atoms with E-state index in [-0.39, 0.29) is 11.5 Å². The lowest BCUT2D eigenvalue weighted by molar-refractivity contribution is 0.0526. The van der Waals surface area contributed by atoms with Gasteiger partial charge in [0.1, 0.15) is 0 Å². The lowest BCUT2D eigenvalue weighted by Crippen LogP contribution is -2.39. The van der Waals surface area contributed by atoms with Crippen LogP contribution in [-0.2, 0) is 10.2 Å². The Bertz CT molecular complexity index is 463. The Morgan fingerprint density at radius 2 is 2.25 bits per heavy atom. The third-order valence-electron chi connectivity index (χ3n) is 3.51. The van der Waals surface area contributed by atoms with Gasteiger partial charge in [-0.1, -0.05) is 32.1 Å². The van der Waals surface area contributed by atoms with Gasteiger partial charge in [0.25, 0.3) is 0 Å². The van der Waals surface area contributed by atoms with E-state index in [1.54, 1.807) is 0 Å². The molecule has 4 nitrogen and oxygen atoms in total. The van der Waals surface area contributed by atoms with Gasteiger partial charge in [0.05, 0.1) is 16.7 Å². The molecule has 0 saturated carbocycles. The topological polar surface area (TPSA) is 42.4 Å². The molecule has 1 aliphatic rings. The van der Waals surface area contributed by atoms with E-state index in [9.17, 15) is 4.79 Å². The summed E-state index contributed by atoms with van der Waals surface area (Å²) in [4.78, 5) is 19.0. The lowest BCUT2D eigenvalue weighted by atomic mass is 9.91. The zero-order valence-electron chi connectivity index (χ0n) is 12.8. The van der Waals surface area contributed by atoms with Crippen LogP contribution in [0.3, 0.4) is 0 Å². The molecule has 0 aliphatic carbocycles. The summed E-state index contributed by atoms with van der Waals surface area (Å²) in [5, 5.41) is 0.960. The van der Waals surface area contributed by atoms with Gasteiger partial charge in [0, 0.05) is 25.1 Å². The molecule has 1 aromatic rings. The molecule has 5 heteroatoms. The zero-order chi connectivity index (χ0) is 14.8. The van der Waals surface area contributed by atoms with Crippen molar-refractivity contribution in [2.45, 2.75) is 52.1 Å². The van der Waals surface area contributed by atoms with E-state index in [0.29, 0.717) is 0 Å². The average Bonchev–Trinajstić information content (AvgIpc) is 2.83. The van der Waals surface area contributed by atoms with Crippen molar-refractivity contribution in [2.24, 2.45) is 0 Å². The van der Waals surface area contributed by atoms with Crippen LogP contribution in [0.1, 0.15) is 55.9 Å². The van der Waals surface area contributed by atoms with Crippen LogP contribution in [0, 0.1) is 0 Å². The smallest absolute Gasteiger partial charge is 0.186 e.